The number of benzene rings is 3. The van der Waals surface area contributed by atoms with Crippen molar-refractivity contribution in [2.75, 3.05) is 33.0 Å². The second kappa shape index (κ2) is 11.5. The van der Waals surface area contributed by atoms with Crippen LogP contribution in [-0.2, 0) is 16.0 Å². The Bertz CT molecular complexity index is 1940. The van der Waals surface area contributed by atoms with E-state index in [9.17, 15) is 24.0 Å². The molecule has 0 radical (unpaired) electrons. The van der Waals surface area contributed by atoms with Crippen molar-refractivity contribution >= 4 is 69.0 Å². The molecule has 3 N–H and O–H groups in total. The molecule has 1 aliphatic carbocycles. The molecule has 0 atom stereocenters. The third-order valence-electron chi connectivity index (χ3n) is 6.53. The van der Waals surface area contributed by atoms with Gasteiger partial charge < -0.3 is 14.8 Å². The maximum absolute atomic E-state index is 13.5. The topological polar surface area (TPSA) is 150 Å². The normalized spacial score (nSPS) is 13.0. The monoisotopic (exact) mass is 619 g/mol. The molecule has 1 heterocycles. The van der Waals surface area contributed by atoms with Gasteiger partial charge in [-0.1, -0.05) is 47.5 Å². The molecule has 43 heavy (non-hydrogen) atoms. The summed E-state index contributed by atoms with van der Waals surface area (Å²) in [5, 5.41) is 7.14. The van der Waals surface area contributed by atoms with Crippen LogP contribution in [0.1, 0.15) is 37.5 Å². The molecular formula is C30H25Cl2N6O5+. The van der Waals surface area contributed by atoms with E-state index in [1.54, 1.807) is 24.3 Å². The van der Waals surface area contributed by atoms with Crippen LogP contribution in [0.5, 0.6) is 0 Å². The van der Waals surface area contributed by atoms with Gasteiger partial charge >= 0.3 is 0 Å². The summed E-state index contributed by atoms with van der Waals surface area (Å²) in [4.78, 5) is 72.8. The van der Waals surface area contributed by atoms with Crippen molar-refractivity contribution in [3.05, 3.63) is 103 Å². The molecule has 4 aromatic rings. The van der Waals surface area contributed by atoms with Crippen molar-refractivity contribution < 1.29 is 23.7 Å². The molecule has 0 saturated heterocycles. The molecule has 1 aromatic heterocycles. The van der Waals surface area contributed by atoms with Crippen LogP contribution in [0.2, 0.25) is 10.0 Å². The van der Waals surface area contributed by atoms with E-state index in [0.29, 0.717) is 10.2 Å². The molecule has 0 aliphatic heterocycles. The number of hydrogen-bond acceptors (Lipinski definition) is 7. The smallest absolute Gasteiger partial charge is 0.295 e. The number of nitrogens with one attached hydrogen (secondary N) is 3. The highest BCUT2D eigenvalue weighted by atomic mass is 35.5. The number of ketones is 2. The molecular weight excluding hydrogens is 595 g/mol. The summed E-state index contributed by atoms with van der Waals surface area (Å²) >= 11 is 12.1. The number of carbonyl (C=O) groups excluding carboxylic acids is 4. The Morgan fingerprint density at radius 3 is 2.28 bits per heavy atom. The summed E-state index contributed by atoms with van der Waals surface area (Å²) in [6, 6.07) is 13.9. The van der Waals surface area contributed by atoms with Crippen LogP contribution >= 0.6 is 23.2 Å². The number of hydrazone groups is 1. The van der Waals surface area contributed by atoms with Gasteiger partial charge in [0.25, 0.3) is 17.4 Å². The number of halogens is 2. The summed E-state index contributed by atoms with van der Waals surface area (Å²) < 4.78 is 0.305. The number of hydrogen-bond donors (Lipinski definition) is 3. The Balaban J connectivity index is 1.55. The fourth-order valence-electron chi connectivity index (χ4n) is 4.59. The van der Waals surface area contributed by atoms with Gasteiger partial charge in [0.15, 0.2) is 18.1 Å². The lowest BCUT2D eigenvalue weighted by Gasteiger charge is -2.22. The quantitative estimate of drug-likeness (QED) is 0.144. The standard InChI is InChI=1S/C30H24Cl2N6O5/c1-38(2,3)14-24(39)37-36-23(30(43)33-15-8-10-19(31)20(32)12-15)13-22-29(42)35-21-11-9-18-25(26(21)34-22)28(41)17-7-5-4-6-16(17)27(18)40/h4-12H,13-14H2,1-3H3,(H2-,33,35,37,39,40,42,43)/p+1. The fourth-order valence-corrected chi connectivity index (χ4v) is 4.89. The summed E-state index contributed by atoms with van der Waals surface area (Å²) in [5.41, 5.74) is 2.64. The molecule has 0 saturated carbocycles. The number of rotatable bonds is 7. The number of likely N-dealkylation sites (N-methyl/N-ethyl adjacent to an activating group) is 1. The lowest BCUT2D eigenvalue weighted by molar-refractivity contribution is -0.862. The molecule has 0 fully saturated rings. The minimum absolute atomic E-state index is 0.0497. The van der Waals surface area contributed by atoms with Gasteiger partial charge in [-0.15, -0.1) is 0 Å². The third kappa shape index (κ3) is 6.24. The number of carbonyl (C=O) groups is 4. The van der Waals surface area contributed by atoms with Gasteiger partial charge in [-0.25, -0.2) is 10.4 Å². The van der Waals surface area contributed by atoms with E-state index in [0.717, 1.165) is 0 Å². The van der Waals surface area contributed by atoms with E-state index in [1.807, 2.05) is 21.1 Å². The predicted octanol–water partition coefficient (Wildman–Crippen LogP) is 3.36. The van der Waals surface area contributed by atoms with Crippen LogP contribution in [-0.4, -0.2) is 71.2 Å². The summed E-state index contributed by atoms with van der Waals surface area (Å²) in [6.07, 6.45) is -0.425. The highest BCUT2D eigenvalue weighted by Crippen LogP contribution is 2.31. The second-order valence-electron chi connectivity index (χ2n) is 10.9. The Morgan fingerprint density at radius 2 is 1.60 bits per heavy atom. The molecule has 0 bridgehead atoms. The number of quaternary nitrogens is 1. The zero-order chi connectivity index (χ0) is 31.1. The second-order valence-corrected chi connectivity index (χ2v) is 11.7. The largest absolute Gasteiger partial charge is 0.323 e. The number of amides is 2. The Kier molecular flexibility index (Phi) is 7.98. The number of fused-ring (bicyclic) bond motifs is 4. The first-order valence-corrected chi connectivity index (χ1v) is 13.7. The van der Waals surface area contributed by atoms with E-state index >= 15 is 0 Å². The van der Waals surface area contributed by atoms with Crippen LogP contribution in [0.3, 0.4) is 0 Å². The van der Waals surface area contributed by atoms with E-state index in [4.69, 9.17) is 23.2 Å². The van der Waals surface area contributed by atoms with Crippen molar-refractivity contribution in [3.63, 3.8) is 0 Å². The lowest BCUT2D eigenvalue weighted by atomic mass is 9.83. The first kappa shape index (κ1) is 29.8. The van der Waals surface area contributed by atoms with Gasteiger partial charge in [0.05, 0.1) is 47.8 Å². The minimum atomic E-state index is -0.750. The van der Waals surface area contributed by atoms with Crippen LogP contribution in [0, 0.1) is 0 Å². The summed E-state index contributed by atoms with van der Waals surface area (Å²) in [7, 11) is 5.43. The van der Waals surface area contributed by atoms with E-state index in [1.165, 1.54) is 30.3 Å². The van der Waals surface area contributed by atoms with Gasteiger partial charge in [0.1, 0.15) is 11.4 Å². The van der Waals surface area contributed by atoms with Crippen molar-refractivity contribution in [2.24, 2.45) is 5.10 Å². The number of nitrogens with zero attached hydrogens (tertiary/aromatic N) is 3. The van der Waals surface area contributed by atoms with Gasteiger partial charge in [-0.3, -0.25) is 24.0 Å². The lowest BCUT2D eigenvalue weighted by Crippen LogP contribution is -2.43. The molecule has 0 spiro atoms. The summed E-state index contributed by atoms with van der Waals surface area (Å²) in [6.45, 7) is 0.0593. The molecule has 3 aromatic carbocycles. The van der Waals surface area contributed by atoms with Crippen molar-refractivity contribution in [1.29, 1.82) is 0 Å². The average Bonchev–Trinajstić information content (AvgIpc) is 2.94. The number of H-pyrrole nitrogens is 1. The summed E-state index contributed by atoms with van der Waals surface area (Å²) in [5.74, 6) is -1.98. The Morgan fingerprint density at radius 1 is 0.907 bits per heavy atom. The molecule has 11 nitrogen and oxygen atoms in total. The van der Waals surface area contributed by atoms with E-state index in [2.05, 4.69) is 25.8 Å². The van der Waals surface area contributed by atoms with Gasteiger partial charge in [-0.05, 0) is 30.3 Å². The zero-order valence-electron chi connectivity index (χ0n) is 23.2. The van der Waals surface area contributed by atoms with Gasteiger partial charge in [0, 0.05) is 28.8 Å². The third-order valence-corrected chi connectivity index (χ3v) is 7.27. The van der Waals surface area contributed by atoms with Gasteiger partial charge in [-0.2, -0.15) is 5.10 Å². The average molecular weight is 620 g/mol. The highest BCUT2D eigenvalue weighted by Gasteiger charge is 2.32. The zero-order valence-corrected chi connectivity index (χ0v) is 24.8. The number of aromatic amines is 1. The number of aromatic nitrogens is 2. The van der Waals surface area contributed by atoms with E-state index < -0.39 is 29.6 Å². The Hall–Kier alpha value is -4.71. The first-order valence-electron chi connectivity index (χ1n) is 13.0. The van der Waals surface area contributed by atoms with Crippen LogP contribution in [0.25, 0.3) is 11.0 Å². The fraction of sp³-hybridized carbons (Fsp3) is 0.167. The van der Waals surface area contributed by atoms with Crippen molar-refractivity contribution in [2.45, 2.75) is 6.42 Å². The van der Waals surface area contributed by atoms with Crippen LogP contribution in [0.4, 0.5) is 5.69 Å². The molecule has 218 valence electrons. The molecule has 5 rings (SSSR count). The molecule has 13 heteroatoms. The van der Waals surface area contributed by atoms with Gasteiger partial charge in [0.2, 0.25) is 0 Å². The predicted molar refractivity (Wildman–Crippen MR) is 163 cm³/mol. The SMILES string of the molecule is C[N+](C)(C)CC(=O)NN=C(Cc1nc2c3c(ccc2[nH]c1=O)C(=O)c1ccccc1C3=O)C(=O)Nc1ccc(Cl)c(Cl)c1. The van der Waals surface area contributed by atoms with Crippen molar-refractivity contribution in [1.82, 2.24) is 15.4 Å². The highest BCUT2D eigenvalue weighted by molar-refractivity contribution is 6.44. The van der Waals surface area contributed by atoms with Crippen LogP contribution in [0.15, 0.2) is 64.5 Å². The first-order chi connectivity index (χ1) is 20.3. The molecule has 1 aliphatic rings. The minimum Gasteiger partial charge on any atom is -0.323 e. The number of anilines is 1. The van der Waals surface area contributed by atoms with Crippen molar-refractivity contribution in [3.8, 4) is 0 Å². The maximum Gasteiger partial charge on any atom is 0.295 e. The van der Waals surface area contributed by atoms with E-state index in [-0.39, 0.29) is 67.1 Å². The molecule has 2 amide bonds. The Labute approximate surface area is 255 Å². The van der Waals surface area contributed by atoms with Crippen LogP contribution < -0.4 is 16.3 Å². The maximum atomic E-state index is 13.5. The molecule has 0 unspecified atom stereocenters.